The molecule has 2 heterocycles. The van der Waals surface area contributed by atoms with Gasteiger partial charge in [0.25, 0.3) is 0 Å². The minimum atomic E-state index is -0.944. The summed E-state index contributed by atoms with van der Waals surface area (Å²) in [5.74, 6) is 0. The van der Waals surface area contributed by atoms with E-state index in [2.05, 4.69) is 4.98 Å². The van der Waals surface area contributed by atoms with Gasteiger partial charge in [0, 0.05) is 5.57 Å². The summed E-state index contributed by atoms with van der Waals surface area (Å²) in [7, 11) is 0. The number of oxazole rings is 1. The molecule has 4 heteroatoms. The maximum absolute atomic E-state index is 9.32. The van der Waals surface area contributed by atoms with Crippen molar-refractivity contribution in [1.82, 2.24) is 4.98 Å². The molecule has 1 aliphatic rings. The number of aliphatic hydroxyl groups excluding tert-OH is 1. The van der Waals surface area contributed by atoms with Gasteiger partial charge in [-0.3, -0.25) is 0 Å². The topological polar surface area (TPSA) is 55.5 Å². The monoisotopic (exact) mass is 165 g/mol. The number of nitrogens with zero attached hydrogens (tertiary/aromatic N) is 1. The van der Waals surface area contributed by atoms with Crippen LogP contribution in [0.1, 0.15) is 5.69 Å². The molecule has 0 aliphatic carbocycles. The van der Waals surface area contributed by atoms with Crippen molar-refractivity contribution in [2.75, 3.05) is 0 Å². The number of allylic oxidation sites excluding steroid dienone is 2. The van der Waals surface area contributed by atoms with Gasteiger partial charge < -0.3 is 14.3 Å². The van der Waals surface area contributed by atoms with E-state index >= 15 is 0 Å². The van der Waals surface area contributed by atoms with Gasteiger partial charge in [-0.2, -0.15) is 0 Å². The zero-order valence-corrected chi connectivity index (χ0v) is 6.18. The van der Waals surface area contributed by atoms with E-state index in [0.29, 0.717) is 11.3 Å². The van der Waals surface area contributed by atoms with Crippen LogP contribution in [0.15, 0.2) is 35.5 Å². The van der Waals surface area contributed by atoms with E-state index in [-0.39, 0.29) is 0 Å². The van der Waals surface area contributed by atoms with Crippen molar-refractivity contribution in [2.24, 2.45) is 0 Å². The average Bonchev–Trinajstić information content (AvgIpc) is 2.57. The Bertz CT molecular complexity index is 313. The molecule has 0 saturated carbocycles. The smallest absolute Gasteiger partial charge is 0.225 e. The predicted octanol–water partition coefficient (Wildman–Crippen LogP) is 0.920. The molecule has 1 atom stereocenters. The molecular formula is C8H7NO3. The number of aliphatic hydroxyl groups is 1. The largest absolute Gasteiger partial charge is 0.468 e. The SMILES string of the molecule is OC1OC=CC=C1c1cocn1. The molecule has 62 valence electrons. The van der Waals surface area contributed by atoms with Crippen LogP contribution < -0.4 is 0 Å². The van der Waals surface area contributed by atoms with Gasteiger partial charge in [-0.15, -0.1) is 0 Å². The molecule has 1 aliphatic heterocycles. The Morgan fingerprint density at radius 1 is 1.50 bits per heavy atom. The highest BCUT2D eigenvalue weighted by Crippen LogP contribution is 2.20. The minimum absolute atomic E-state index is 0.590. The average molecular weight is 165 g/mol. The van der Waals surface area contributed by atoms with Gasteiger partial charge in [-0.1, -0.05) is 0 Å². The summed E-state index contributed by atoms with van der Waals surface area (Å²) < 4.78 is 9.61. The van der Waals surface area contributed by atoms with Crippen molar-refractivity contribution in [3.63, 3.8) is 0 Å². The summed E-state index contributed by atoms with van der Waals surface area (Å²) in [5.41, 5.74) is 1.19. The van der Waals surface area contributed by atoms with E-state index in [0.717, 1.165) is 0 Å². The van der Waals surface area contributed by atoms with Crippen LogP contribution in [0.2, 0.25) is 0 Å². The zero-order chi connectivity index (χ0) is 8.39. The maximum Gasteiger partial charge on any atom is 0.225 e. The number of hydrogen-bond donors (Lipinski definition) is 1. The fraction of sp³-hybridized carbons (Fsp3) is 0.125. The van der Waals surface area contributed by atoms with Crippen molar-refractivity contribution in [2.45, 2.75) is 6.29 Å². The van der Waals surface area contributed by atoms with Crippen LogP contribution in [0, 0.1) is 0 Å². The lowest BCUT2D eigenvalue weighted by Crippen LogP contribution is -2.13. The third kappa shape index (κ3) is 1.12. The Labute approximate surface area is 68.8 Å². The van der Waals surface area contributed by atoms with Gasteiger partial charge >= 0.3 is 0 Å². The van der Waals surface area contributed by atoms with Crippen molar-refractivity contribution >= 4 is 5.57 Å². The Morgan fingerprint density at radius 2 is 2.42 bits per heavy atom. The van der Waals surface area contributed by atoms with Gasteiger partial charge in [0.05, 0.1) is 6.26 Å². The first-order valence-corrected chi connectivity index (χ1v) is 3.47. The van der Waals surface area contributed by atoms with Gasteiger partial charge in [0.15, 0.2) is 6.39 Å². The third-order valence-electron chi connectivity index (χ3n) is 1.56. The first-order chi connectivity index (χ1) is 5.88. The Hall–Kier alpha value is -1.55. The normalized spacial score (nSPS) is 21.8. The van der Waals surface area contributed by atoms with Crippen molar-refractivity contribution in [3.05, 3.63) is 36.8 Å². The minimum Gasteiger partial charge on any atom is -0.468 e. The summed E-state index contributed by atoms with van der Waals surface area (Å²) in [6.45, 7) is 0. The van der Waals surface area contributed by atoms with Crippen LogP contribution in [-0.4, -0.2) is 16.4 Å². The molecular weight excluding hydrogens is 158 g/mol. The van der Waals surface area contributed by atoms with E-state index in [1.807, 2.05) is 0 Å². The lowest BCUT2D eigenvalue weighted by atomic mass is 10.1. The lowest BCUT2D eigenvalue weighted by Gasteiger charge is -2.14. The second-order valence-electron chi connectivity index (χ2n) is 2.31. The summed E-state index contributed by atoms with van der Waals surface area (Å²) in [6.07, 6.45) is 6.66. The van der Waals surface area contributed by atoms with Crippen LogP contribution >= 0.6 is 0 Å². The molecule has 1 aromatic heterocycles. The predicted molar refractivity (Wildman–Crippen MR) is 40.7 cm³/mol. The van der Waals surface area contributed by atoms with Crippen molar-refractivity contribution in [1.29, 1.82) is 0 Å². The van der Waals surface area contributed by atoms with E-state index in [1.54, 1.807) is 12.2 Å². The molecule has 0 bridgehead atoms. The fourth-order valence-electron chi connectivity index (χ4n) is 0.985. The van der Waals surface area contributed by atoms with Crippen LogP contribution in [0.3, 0.4) is 0 Å². The number of rotatable bonds is 1. The summed E-state index contributed by atoms with van der Waals surface area (Å²) >= 11 is 0. The Kier molecular flexibility index (Phi) is 1.68. The number of hydrogen-bond acceptors (Lipinski definition) is 4. The molecule has 0 amide bonds. The van der Waals surface area contributed by atoms with E-state index in [9.17, 15) is 5.11 Å². The third-order valence-corrected chi connectivity index (χ3v) is 1.56. The second kappa shape index (κ2) is 2.83. The van der Waals surface area contributed by atoms with Gasteiger partial charge in [0.1, 0.15) is 12.0 Å². The van der Waals surface area contributed by atoms with E-state index in [1.165, 1.54) is 18.9 Å². The standard InChI is InChI=1S/C8H7NO3/c10-8-6(2-1-3-12-8)7-4-11-5-9-7/h1-5,8,10H. The molecule has 2 rings (SSSR count). The van der Waals surface area contributed by atoms with Crippen LogP contribution in [0.25, 0.3) is 5.57 Å². The molecule has 0 radical (unpaired) electrons. The highest BCUT2D eigenvalue weighted by atomic mass is 16.6. The van der Waals surface area contributed by atoms with Crippen LogP contribution in [-0.2, 0) is 4.74 Å². The summed E-state index contributed by atoms with van der Waals surface area (Å²) in [6, 6.07) is 0. The lowest BCUT2D eigenvalue weighted by molar-refractivity contribution is -0.00470. The summed E-state index contributed by atoms with van der Waals surface area (Å²) in [4.78, 5) is 3.88. The first-order valence-electron chi connectivity index (χ1n) is 3.47. The van der Waals surface area contributed by atoms with Crippen molar-refractivity contribution < 1.29 is 14.3 Å². The number of ether oxygens (including phenoxy) is 1. The first kappa shape index (κ1) is 7.12. The molecule has 0 spiro atoms. The molecule has 0 aromatic carbocycles. The Balaban J connectivity index is 2.34. The van der Waals surface area contributed by atoms with Crippen LogP contribution in [0.5, 0.6) is 0 Å². The molecule has 12 heavy (non-hydrogen) atoms. The number of aromatic nitrogens is 1. The highest BCUT2D eigenvalue weighted by Gasteiger charge is 2.16. The molecule has 0 saturated heterocycles. The van der Waals surface area contributed by atoms with Gasteiger partial charge in [0.2, 0.25) is 6.29 Å². The second-order valence-corrected chi connectivity index (χ2v) is 2.31. The summed E-state index contributed by atoms with van der Waals surface area (Å²) in [5, 5.41) is 9.32. The van der Waals surface area contributed by atoms with E-state index in [4.69, 9.17) is 9.15 Å². The maximum atomic E-state index is 9.32. The van der Waals surface area contributed by atoms with Crippen molar-refractivity contribution in [3.8, 4) is 0 Å². The molecule has 1 N–H and O–H groups in total. The van der Waals surface area contributed by atoms with Gasteiger partial charge in [-0.25, -0.2) is 4.98 Å². The van der Waals surface area contributed by atoms with E-state index < -0.39 is 6.29 Å². The fourth-order valence-corrected chi connectivity index (χ4v) is 0.985. The quantitative estimate of drug-likeness (QED) is 0.672. The highest BCUT2D eigenvalue weighted by molar-refractivity contribution is 5.66. The van der Waals surface area contributed by atoms with Gasteiger partial charge in [-0.05, 0) is 12.2 Å². The van der Waals surface area contributed by atoms with Crippen LogP contribution in [0.4, 0.5) is 0 Å². The zero-order valence-electron chi connectivity index (χ0n) is 6.18. The molecule has 0 fully saturated rings. The molecule has 1 unspecified atom stereocenters. The molecule has 1 aromatic rings. The Morgan fingerprint density at radius 3 is 3.08 bits per heavy atom. The molecule has 4 nitrogen and oxygen atoms in total.